The van der Waals surface area contributed by atoms with Crippen LogP contribution in [-0.4, -0.2) is 29.7 Å². The van der Waals surface area contributed by atoms with Crippen molar-refractivity contribution in [1.82, 2.24) is 4.57 Å². The van der Waals surface area contributed by atoms with E-state index in [-0.39, 0.29) is 5.91 Å². The summed E-state index contributed by atoms with van der Waals surface area (Å²) in [7, 11) is 1.32. The Balaban J connectivity index is 1.93. The summed E-state index contributed by atoms with van der Waals surface area (Å²) in [4.78, 5) is 24.8. The van der Waals surface area contributed by atoms with Gasteiger partial charge in [0.1, 0.15) is 5.75 Å². The number of fused-ring (bicyclic) bond motifs is 1. The standard InChI is InChI=1S/C19H16BrNO4/c1-12(25-14-9-7-13(20)8-10-14)18(22)21-11-16(19(23)24-2)15-5-3-4-6-17(15)21/h3-12H,1-2H3. The second kappa shape index (κ2) is 7.11. The van der Waals surface area contributed by atoms with Gasteiger partial charge in [0.05, 0.1) is 18.2 Å². The average Bonchev–Trinajstić information content (AvgIpc) is 3.02. The highest BCUT2D eigenvalue weighted by Crippen LogP contribution is 2.23. The Morgan fingerprint density at radius 2 is 1.76 bits per heavy atom. The van der Waals surface area contributed by atoms with Gasteiger partial charge in [-0.2, -0.15) is 0 Å². The summed E-state index contributed by atoms with van der Waals surface area (Å²) in [5.41, 5.74) is 0.987. The minimum absolute atomic E-state index is 0.269. The van der Waals surface area contributed by atoms with Gasteiger partial charge in [-0.3, -0.25) is 9.36 Å². The Hall–Kier alpha value is -2.60. The molecular formula is C19H16BrNO4. The number of benzene rings is 2. The summed E-state index contributed by atoms with van der Waals surface area (Å²) in [6.07, 6.45) is 0.780. The summed E-state index contributed by atoms with van der Waals surface area (Å²) in [5.74, 6) is -0.160. The van der Waals surface area contributed by atoms with Crippen molar-refractivity contribution >= 4 is 38.7 Å². The zero-order valence-corrected chi connectivity index (χ0v) is 15.3. The first-order valence-electron chi connectivity index (χ1n) is 7.66. The number of aromatic nitrogens is 1. The fourth-order valence-electron chi connectivity index (χ4n) is 2.60. The van der Waals surface area contributed by atoms with Gasteiger partial charge in [-0.1, -0.05) is 34.1 Å². The van der Waals surface area contributed by atoms with Crippen LogP contribution in [0.25, 0.3) is 10.9 Å². The molecule has 0 fully saturated rings. The van der Waals surface area contributed by atoms with Crippen molar-refractivity contribution in [3.05, 3.63) is 64.8 Å². The molecule has 0 amide bonds. The Morgan fingerprint density at radius 3 is 2.44 bits per heavy atom. The van der Waals surface area contributed by atoms with Crippen LogP contribution in [0.5, 0.6) is 5.75 Å². The van der Waals surface area contributed by atoms with E-state index < -0.39 is 12.1 Å². The predicted molar refractivity (Wildman–Crippen MR) is 98.1 cm³/mol. The van der Waals surface area contributed by atoms with Crippen molar-refractivity contribution in [1.29, 1.82) is 0 Å². The third-order valence-corrected chi connectivity index (χ3v) is 4.36. The molecule has 5 nitrogen and oxygen atoms in total. The van der Waals surface area contributed by atoms with Crippen LogP contribution in [0.1, 0.15) is 22.1 Å². The molecule has 6 heteroatoms. The smallest absolute Gasteiger partial charge is 0.340 e. The van der Waals surface area contributed by atoms with Gasteiger partial charge in [0, 0.05) is 16.1 Å². The first kappa shape index (κ1) is 17.2. The Morgan fingerprint density at radius 1 is 1.08 bits per heavy atom. The molecule has 0 aliphatic rings. The Kier molecular flexibility index (Phi) is 4.90. The van der Waals surface area contributed by atoms with Gasteiger partial charge in [-0.15, -0.1) is 0 Å². The van der Waals surface area contributed by atoms with Crippen molar-refractivity contribution in [2.75, 3.05) is 7.11 Å². The fourth-order valence-corrected chi connectivity index (χ4v) is 2.86. The zero-order chi connectivity index (χ0) is 18.0. The first-order chi connectivity index (χ1) is 12.0. The quantitative estimate of drug-likeness (QED) is 0.611. The number of halogens is 1. The van der Waals surface area contributed by atoms with Crippen molar-refractivity contribution in [2.24, 2.45) is 0 Å². The molecule has 1 heterocycles. The second-order valence-electron chi connectivity index (χ2n) is 5.47. The number of hydrogen-bond acceptors (Lipinski definition) is 4. The minimum atomic E-state index is -0.720. The molecule has 3 aromatic rings. The van der Waals surface area contributed by atoms with Crippen LogP contribution >= 0.6 is 15.9 Å². The lowest BCUT2D eigenvalue weighted by Gasteiger charge is -2.14. The van der Waals surface area contributed by atoms with E-state index in [1.807, 2.05) is 24.3 Å². The highest BCUT2D eigenvalue weighted by molar-refractivity contribution is 9.10. The molecule has 3 rings (SSSR count). The molecule has 1 unspecified atom stereocenters. The molecule has 0 spiro atoms. The number of hydrogen-bond donors (Lipinski definition) is 0. The molecule has 1 atom stereocenters. The maximum atomic E-state index is 12.8. The molecule has 0 N–H and O–H groups in total. The Labute approximate surface area is 153 Å². The second-order valence-corrected chi connectivity index (χ2v) is 6.39. The molecule has 0 aliphatic carbocycles. The van der Waals surface area contributed by atoms with Crippen LogP contribution < -0.4 is 4.74 Å². The van der Waals surface area contributed by atoms with Gasteiger partial charge in [-0.25, -0.2) is 4.79 Å². The summed E-state index contributed by atoms with van der Waals surface area (Å²) < 4.78 is 12.9. The molecule has 25 heavy (non-hydrogen) atoms. The summed E-state index contributed by atoms with van der Waals surface area (Å²) in [6, 6.07) is 14.4. The van der Waals surface area contributed by atoms with E-state index in [9.17, 15) is 9.59 Å². The van der Waals surface area contributed by atoms with Crippen LogP contribution in [0.3, 0.4) is 0 Å². The van der Waals surface area contributed by atoms with Crippen LogP contribution in [0.4, 0.5) is 0 Å². The molecule has 0 saturated carbocycles. The number of para-hydroxylation sites is 1. The number of methoxy groups -OCH3 is 1. The first-order valence-corrected chi connectivity index (χ1v) is 8.45. The lowest BCUT2D eigenvalue weighted by molar-refractivity contribution is 0.0602. The van der Waals surface area contributed by atoms with E-state index in [1.54, 1.807) is 31.2 Å². The number of carbonyl (C=O) groups excluding carboxylic acids is 2. The number of carbonyl (C=O) groups is 2. The lowest BCUT2D eigenvalue weighted by atomic mass is 10.2. The van der Waals surface area contributed by atoms with Crippen LogP contribution in [0.2, 0.25) is 0 Å². The van der Waals surface area contributed by atoms with Crippen molar-refractivity contribution in [2.45, 2.75) is 13.0 Å². The normalized spacial score (nSPS) is 12.0. The largest absolute Gasteiger partial charge is 0.481 e. The summed E-state index contributed by atoms with van der Waals surface area (Å²) >= 11 is 3.36. The molecule has 0 bridgehead atoms. The number of esters is 1. The topological polar surface area (TPSA) is 57.5 Å². The lowest BCUT2D eigenvalue weighted by Crippen LogP contribution is -2.28. The van der Waals surface area contributed by atoms with Gasteiger partial charge in [0.2, 0.25) is 0 Å². The Bertz CT molecular complexity index is 930. The van der Waals surface area contributed by atoms with Gasteiger partial charge in [0.25, 0.3) is 5.91 Å². The average molecular weight is 402 g/mol. The van der Waals surface area contributed by atoms with Crippen LogP contribution in [0.15, 0.2) is 59.2 Å². The maximum absolute atomic E-state index is 12.8. The van der Waals surface area contributed by atoms with E-state index in [2.05, 4.69) is 15.9 Å². The third kappa shape index (κ3) is 3.44. The number of nitrogens with zero attached hydrogens (tertiary/aromatic N) is 1. The van der Waals surface area contributed by atoms with Crippen molar-refractivity contribution in [3.63, 3.8) is 0 Å². The summed E-state index contributed by atoms with van der Waals surface area (Å²) in [6.45, 7) is 1.68. The van der Waals surface area contributed by atoms with E-state index in [1.165, 1.54) is 17.9 Å². The highest BCUT2D eigenvalue weighted by Gasteiger charge is 2.23. The van der Waals surface area contributed by atoms with Gasteiger partial charge < -0.3 is 9.47 Å². The third-order valence-electron chi connectivity index (χ3n) is 3.83. The minimum Gasteiger partial charge on any atom is -0.481 e. The van der Waals surface area contributed by atoms with E-state index in [4.69, 9.17) is 9.47 Å². The molecule has 1 aromatic heterocycles. The predicted octanol–water partition coefficient (Wildman–Crippen LogP) is 4.30. The van der Waals surface area contributed by atoms with Crippen molar-refractivity contribution < 1.29 is 19.1 Å². The van der Waals surface area contributed by atoms with E-state index in [0.717, 1.165) is 4.47 Å². The van der Waals surface area contributed by atoms with Crippen LogP contribution in [-0.2, 0) is 4.74 Å². The number of rotatable bonds is 4. The maximum Gasteiger partial charge on any atom is 0.340 e. The van der Waals surface area contributed by atoms with Gasteiger partial charge in [-0.05, 0) is 37.3 Å². The molecule has 0 radical (unpaired) electrons. The zero-order valence-electron chi connectivity index (χ0n) is 13.7. The fraction of sp³-hybridized carbons (Fsp3) is 0.158. The van der Waals surface area contributed by atoms with E-state index in [0.29, 0.717) is 22.2 Å². The molecule has 0 aliphatic heterocycles. The number of ether oxygens (including phenoxy) is 2. The highest BCUT2D eigenvalue weighted by atomic mass is 79.9. The van der Waals surface area contributed by atoms with Crippen molar-refractivity contribution in [3.8, 4) is 5.75 Å². The SMILES string of the molecule is COC(=O)c1cn(C(=O)C(C)Oc2ccc(Br)cc2)c2ccccc12. The monoisotopic (exact) mass is 401 g/mol. The van der Waals surface area contributed by atoms with Gasteiger partial charge >= 0.3 is 5.97 Å². The molecule has 2 aromatic carbocycles. The van der Waals surface area contributed by atoms with Gasteiger partial charge in [0.15, 0.2) is 6.10 Å². The molecule has 0 saturated heterocycles. The van der Waals surface area contributed by atoms with E-state index >= 15 is 0 Å². The molecular weight excluding hydrogens is 386 g/mol. The van der Waals surface area contributed by atoms with Crippen LogP contribution in [0, 0.1) is 0 Å². The molecule has 128 valence electrons. The summed E-state index contributed by atoms with van der Waals surface area (Å²) in [5, 5.41) is 0.665.